The third-order valence-electron chi connectivity index (χ3n) is 2.24. The number of nitrogens with zero attached hydrogens (tertiary/aromatic N) is 1. The zero-order valence-corrected chi connectivity index (χ0v) is 11.1. The van der Waals surface area contributed by atoms with Gasteiger partial charge in [-0.3, -0.25) is 14.9 Å². The SMILES string of the molecule is O=C(CCCCBr)Nc1ccc(O)cc1[N+](=O)[O-]. The maximum absolute atomic E-state index is 11.5. The van der Waals surface area contributed by atoms with Crippen molar-refractivity contribution in [2.24, 2.45) is 0 Å². The van der Waals surface area contributed by atoms with E-state index in [1.807, 2.05) is 0 Å². The Morgan fingerprint density at radius 2 is 2.17 bits per heavy atom. The fourth-order valence-corrected chi connectivity index (χ4v) is 1.77. The van der Waals surface area contributed by atoms with Gasteiger partial charge in [-0.1, -0.05) is 15.9 Å². The number of unbranched alkanes of at least 4 members (excludes halogenated alkanes) is 1. The largest absolute Gasteiger partial charge is 0.508 e. The number of phenols is 1. The first-order valence-electron chi connectivity index (χ1n) is 5.38. The number of hydrogen-bond acceptors (Lipinski definition) is 4. The van der Waals surface area contributed by atoms with E-state index in [0.29, 0.717) is 12.8 Å². The molecule has 1 aromatic rings. The number of carbonyl (C=O) groups excluding carboxylic acids is 1. The Morgan fingerprint density at radius 1 is 1.44 bits per heavy atom. The summed E-state index contributed by atoms with van der Waals surface area (Å²) < 4.78 is 0. The van der Waals surface area contributed by atoms with Crippen molar-refractivity contribution in [1.82, 2.24) is 0 Å². The number of halogens is 1. The van der Waals surface area contributed by atoms with Gasteiger partial charge in [0.05, 0.1) is 11.0 Å². The van der Waals surface area contributed by atoms with Gasteiger partial charge in [-0.2, -0.15) is 0 Å². The number of hydrogen-bond donors (Lipinski definition) is 2. The number of aromatic hydroxyl groups is 1. The van der Waals surface area contributed by atoms with Crippen LogP contribution in [-0.2, 0) is 4.79 Å². The van der Waals surface area contributed by atoms with Gasteiger partial charge >= 0.3 is 0 Å². The van der Waals surface area contributed by atoms with Crippen molar-refractivity contribution in [3.05, 3.63) is 28.3 Å². The molecule has 0 aliphatic rings. The first-order valence-corrected chi connectivity index (χ1v) is 6.50. The van der Waals surface area contributed by atoms with Crippen molar-refractivity contribution in [2.45, 2.75) is 19.3 Å². The molecule has 0 heterocycles. The molecule has 1 rings (SSSR count). The van der Waals surface area contributed by atoms with Gasteiger partial charge in [0.15, 0.2) is 0 Å². The lowest BCUT2D eigenvalue weighted by molar-refractivity contribution is -0.384. The molecule has 2 N–H and O–H groups in total. The fourth-order valence-electron chi connectivity index (χ4n) is 1.37. The molecular formula is C11H13BrN2O4. The standard InChI is InChI=1S/C11H13BrN2O4/c12-6-2-1-3-11(16)13-9-5-4-8(15)7-10(9)14(17)18/h4-5,7,15H,1-3,6H2,(H,13,16). The normalized spacial score (nSPS) is 10.1. The van der Waals surface area contributed by atoms with E-state index in [4.69, 9.17) is 0 Å². The van der Waals surface area contributed by atoms with Crippen molar-refractivity contribution >= 4 is 33.2 Å². The number of alkyl halides is 1. The highest BCUT2D eigenvalue weighted by Gasteiger charge is 2.16. The summed E-state index contributed by atoms with van der Waals surface area (Å²) in [4.78, 5) is 21.6. The molecular weight excluding hydrogens is 304 g/mol. The van der Waals surface area contributed by atoms with Crippen LogP contribution < -0.4 is 5.32 Å². The van der Waals surface area contributed by atoms with E-state index in [-0.39, 0.29) is 23.0 Å². The van der Waals surface area contributed by atoms with Gasteiger partial charge < -0.3 is 10.4 Å². The molecule has 0 saturated carbocycles. The summed E-state index contributed by atoms with van der Waals surface area (Å²) in [5, 5.41) is 23.2. The quantitative estimate of drug-likeness (QED) is 0.277. The lowest BCUT2D eigenvalue weighted by atomic mass is 10.2. The minimum Gasteiger partial charge on any atom is -0.508 e. The van der Waals surface area contributed by atoms with E-state index >= 15 is 0 Å². The third-order valence-corrected chi connectivity index (χ3v) is 2.80. The predicted octanol–water partition coefficient (Wildman–Crippen LogP) is 2.80. The number of phenolic OH excluding ortho intramolecular Hbond substituents is 1. The minimum atomic E-state index is -0.645. The second-order valence-electron chi connectivity index (χ2n) is 3.65. The summed E-state index contributed by atoms with van der Waals surface area (Å²) in [6.45, 7) is 0. The Kier molecular flexibility index (Phi) is 5.57. The van der Waals surface area contributed by atoms with Crippen molar-refractivity contribution in [3.8, 4) is 5.75 Å². The van der Waals surface area contributed by atoms with Crippen LogP contribution >= 0.6 is 15.9 Å². The first-order chi connectivity index (χ1) is 8.54. The van der Waals surface area contributed by atoms with E-state index in [1.165, 1.54) is 12.1 Å². The van der Waals surface area contributed by atoms with Gasteiger partial charge in [0.2, 0.25) is 5.91 Å². The van der Waals surface area contributed by atoms with Gasteiger partial charge in [0.1, 0.15) is 11.4 Å². The van der Waals surface area contributed by atoms with Crippen LogP contribution in [0.4, 0.5) is 11.4 Å². The van der Waals surface area contributed by atoms with Crippen LogP contribution in [0.15, 0.2) is 18.2 Å². The molecule has 1 amide bonds. The molecule has 98 valence electrons. The number of amides is 1. The Bertz CT molecular complexity index is 451. The molecule has 0 spiro atoms. The molecule has 7 heteroatoms. The average molecular weight is 317 g/mol. The van der Waals surface area contributed by atoms with Crippen molar-refractivity contribution in [3.63, 3.8) is 0 Å². The maximum atomic E-state index is 11.5. The lowest BCUT2D eigenvalue weighted by Gasteiger charge is -2.06. The van der Waals surface area contributed by atoms with Crippen LogP contribution in [0.3, 0.4) is 0 Å². The molecule has 1 aromatic carbocycles. The van der Waals surface area contributed by atoms with Crippen LogP contribution in [0.25, 0.3) is 0 Å². The number of rotatable bonds is 6. The van der Waals surface area contributed by atoms with Crippen LogP contribution in [0.1, 0.15) is 19.3 Å². The highest BCUT2D eigenvalue weighted by Crippen LogP contribution is 2.28. The zero-order chi connectivity index (χ0) is 13.5. The predicted molar refractivity (Wildman–Crippen MR) is 71.0 cm³/mol. The molecule has 0 fully saturated rings. The monoisotopic (exact) mass is 316 g/mol. The van der Waals surface area contributed by atoms with E-state index < -0.39 is 4.92 Å². The molecule has 18 heavy (non-hydrogen) atoms. The molecule has 0 aliphatic heterocycles. The van der Waals surface area contributed by atoms with Crippen LogP contribution in [0.2, 0.25) is 0 Å². The van der Waals surface area contributed by atoms with Crippen LogP contribution in [0, 0.1) is 10.1 Å². The summed E-state index contributed by atoms with van der Waals surface area (Å²) in [6.07, 6.45) is 1.89. The minimum absolute atomic E-state index is 0.0987. The molecule has 0 radical (unpaired) electrons. The number of nitro benzene ring substituents is 1. The summed E-state index contributed by atoms with van der Waals surface area (Å²) in [5.41, 5.74) is -0.217. The van der Waals surface area contributed by atoms with E-state index in [9.17, 15) is 20.0 Å². The smallest absolute Gasteiger partial charge is 0.296 e. The zero-order valence-electron chi connectivity index (χ0n) is 9.56. The second-order valence-corrected chi connectivity index (χ2v) is 4.45. The van der Waals surface area contributed by atoms with Crippen molar-refractivity contribution in [1.29, 1.82) is 0 Å². The molecule has 0 bridgehead atoms. The fraction of sp³-hybridized carbons (Fsp3) is 0.364. The topological polar surface area (TPSA) is 92.5 Å². The summed E-state index contributed by atoms with van der Waals surface area (Å²) in [6, 6.07) is 3.62. The number of carbonyl (C=O) groups is 1. The van der Waals surface area contributed by atoms with E-state index in [0.717, 1.165) is 17.8 Å². The van der Waals surface area contributed by atoms with Gasteiger partial charge in [-0.25, -0.2) is 0 Å². The highest BCUT2D eigenvalue weighted by atomic mass is 79.9. The summed E-state index contributed by atoms with van der Waals surface area (Å²) in [7, 11) is 0. The van der Waals surface area contributed by atoms with Gasteiger partial charge in [0.25, 0.3) is 5.69 Å². The number of benzene rings is 1. The summed E-state index contributed by atoms with van der Waals surface area (Å²) in [5.74, 6) is -0.483. The molecule has 0 saturated heterocycles. The van der Waals surface area contributed by atoms with Gasteiger partial charge in [-0.15, -0.1) is 0 Å². The number of nitro groups is 1. The molecule has 0 unspecified atom stereocenters. The first kappa shape index (κ1) is 14.4. The Hall–Kier alpha value is -1.63. The third kappa shape index (κ3) is 4.33. The highest BCUT2D eigenvalue weighted by molar-refractivity contribution is 9.09. The number of nitrogens with one attached hydrogen (secondary N) is 1. The van der Waals surface area contributed by atoms with E-state index in [1.54, 1.807) is 0 Å². The molecule has 6 nitrogen and oxygen atoms in total. The second kappa shape index (κ2) is 6.95. The van der Waals surface area contributed by atoms with Gasteiger partial charge in [-0.05, 0) is 25.0 Å². The van der Waals surface area contributed by atoms with Gasteiger partial charge in [0, 0.05) is 11.8 Å². The van der Waals surface area contributed by atoms with Crippen molar-refractivity contribution < 1.29 is 14.8 Å². The lowest BCUT2D eigenvalue weighted by Crippen LogP contribution is -2.12. The van der Waals surface area contributed by atoms with Crippen molar-refractivity contribution in [2.75, 3.05) is 10.6 Å². The average Bonchev–Trinajstić information content (AvgIpc) is 2.31. The van der Waals surface area contributed by atoms with Crippen LogP contribution in [-0.4, -0.2) is 21.3 Å². The summed E-state index contributed by atoms with van der Waals surface area (Å²) >= 11 is 3.26. The molecule has 0 aliphatic carbocycles. The molecule has 0 aromatic heterocycles. The number of anilines is 1. The van der Waals surface area contributed by atoms with Crippen LogP contribution in [0.5, 0.6) is 5.75 Å². The Labute approximate surface area is 112 Å². The maximum Gasteiger partial charge on any atom is 0.296 e. The molecule has 0 atom stereocenters. The Balaban J connectivity index is 2.72. The Morgan fingerprint density at radius 3 is 2.78 bits per heavy atom. The van der Waals surface area contributed by atoms with E-state index in [2.05, 4.69) is 21.2 Å².